The first kappa shape index (κ1) is 30.4. The smallest absolute Gasteiger partial charge is 0.301 e. The molecule has 1 amide bonds. The van der Waals surface area contributed by atoms with Gasteiger partial charge < -0.3 is 14.2 Å². The number of carbonyl (C=O) groups is 2. The summed E-state index contributed by atoms with van der Waals surface area (Å²) < 4.78 is 8.61. The molecule has 0 saturated carbocycles. The third-order valence-corrected chi connectivity index (χ3v) is 10.1. The molecule has 7 rings (SSSR count). The molecule has 3 aromatic carbocycles. The molecular weight excluding hydrogens is 631 g/mol. The molecule has 1 unspecified atom stereocenters. The third kappa shape index (κ3) is 5.91. The van der Waals surface area contributed by atoms with Crippen molar-refractivity contribution in [3.8, 4) is 5.75 Å². The molecule has 234 valence electrons. The Morgan fingerprint density at radius 2 is 1.66 bits per heavy atom. The van der Waals surface area contributed by atoms with E-state index < -0.39 is 17.7 Å². The van der Waals surface area contributed by atoms with Crippen LogP contribution in [-0.2, 0) is 21.9 Å². The number of ketones is 1. The van der Waals surface area contributed by atoms with Crippen molar-refractivity contribution in [2.24, 2.45) is 0 Å². The molecule has 47 heavy (non-hydrogen) atoms. The van der Waals surface area contributed by atoms with E-state index in [4.69, 9.17) is 9.72 Å². The van der Waals surface area contributed by atoms with Gasteiger partial charge in [-0.25, -0.2) is 4.98 Å². The molecule has 1 aliphatic heterocycles. The van der Waals surface area contributed by atoms with Crippen LogP contribution in [0.25, 0.3) is 11.4 Å². The number of imidazole rings is 1. The van der Waals surface area contributed by atoms with Crippen molar-refractivity contribution >= 4 is 51.3 Å². The molecule has 6 aromatic rings. The van der Waals surface area contributed by atoms with Gasteiger partial charge in [-0.1, -0.05) is 102 Å². The zero-order valence-electron chi connectivity index (χ0n) is 25.5. The van der Waals surface area contributed by atoms with Crippen LogP contribution in [0.2, 0.25) is 0 Å². The van der Waals surface area contributed by atoms with Crippen molar-refractivity contribution in [1.82, 2.24) is 19.6 Å². The van der Waals surface area contributed by atoms with E-state index in [1.54, 1.807) is 18.2 Å². The number of anilines is 1. The normalized spacial score (nSPS) is 15.9. The standard InChI is InChI=1S/C36H29N5O4S2/c1-22-11-10-18-40-23(2)29(37-33(22)40)31(42)28-30(26-16-9-17-27(19-26)45-20-24-12-5-3-6-13-24)41(34(44)32(28)43)35-38-39-36(47-35)46-21-25-14-7-4-8-15-25/h3-19,30,42H,20-21H2,1-2H3/b31-28+. The van der Waals surface area contributed by atoms with Gasteiger partial charge >= 0.3 is 5.91 Å². The lowest BCUT2D eigenvalue weighted by Crippen LogP contribution is -2.29. The highest BCUT2D eigenvalue weighted by Crippen LogP contribution is 2.45. The second kappa shape index (κ2) is 12.9. The van der Waals surface area contributed by atoms with Crippen LogP contribution < -0.4 is 9.64 Å². The SMILES string of the molecule is Cc1cccn2c(C)c(/C(O)=C3\C(=O)C(=O)N(c4nnc(SCc5ccccc5)s4)C3c3cccc(OCc4ccccc4)c3)nc12. The van der Waals surface area contributed by atoms with Crippen LogP contribution in [0.15, 0.2) is 113 Å². The summed E-state index contributed by atoms with van der Waals surface area (Å²) in [5, 5.41) is 20.8. The number of carbonyl (C=O) groups excluding carboxylic acids is 2. The van der Waals surface area contributed by atoms with Gasteiger partial charge in [0.15, 0.2) is 10.1 Å². The predicted molar refractivity (Wildman–Crippen MR) is 183 cm³/mol. The summed E-state index contributed by atoms with van der Waals surface area (Å²) in [4.78, 5) is 33.7. The minimum absolute atomic E-state index is 0.0759. The summed E-state index contributed by atoms with van der Waals surface area (Å²) in [5.74, 6) is -0.765. The first-order valence-corrected chi connectivity index (χ1v) is 16.7. The summed E-state index contributed by atoms with van der Waals surface area (Å²) in [6.07, 6.45) is 1.85. The van der Waals surface area contributed by atoms with E-state index >= 15 is 0 Å². The largest absolute Gasteiger partial charge is 0.505 e. The maximum atomic E-state index is 13.9. The number of aliphatic hydroxyl groups excluding tert-OH is 1. The number of hydrogen-bond donors (Lipinski definition) is 1. The zero-order valence-corrected chi connectivity index (χ0v) is 27.2. The maximum absolute atomic E-state index is 13.9. The number of benzene rings is 3. The Balaban J connectivity index is 1.30. The van der Waals surface area contributed by atoms with Gasteiger partial charge in [-0.2, -0.15) is 0 Å². The molecule has 1 N–H and O–H groups in total. The van der Waals surface area contributed by atoms with E-state index in [9.17, 15) is 14.7 Å². The average molecular weight is 660 g/mol. The van der Waals surface area contributed by atoms with Gasteiger partial charge in [-0.15, -0.1) is 10.2 Å². The second-order valence-corrected chi connectivity index (χ2v) is 13.2. The number of hydrogen-bond acceptors (Lipinski definition) is 9. The lowest BCUT2D eigenvalue weighted by molar-refractivity contribution is -0.132. The van der Waals surface area contributed by atoms with Crippen LogP contribution in [0.1, 0.15) is 39.7 Å². The molecule has 9 nitrogen and oxygen atoms in total. The van der Waals surface area contributed by atoms with Crippen LogP contribution in [-0.4, -0.2) is 36.4 Å². The van der Waals surface area contributed by atoms with E-state index in [0.29, 0.717) is 39.4 Å². The molecular formula is C36H29N5O4S2. The molecule has 0 aliphatic carbocycles. The van der Waals surface area contributed by atoms with Gasteiger partial charge in [0.25, 0.3) is 5.78 Å². The minimum atomic E-state index is -1.000. The summed E-state index contributed by atoms with van der Waals surface area (Å²) >= 11 is 2.72. The summed E-state index contributed by atoms with van der Waals surface area (Å²) in [6, 6.07) is 29.8. The highest BCUT2D eigenvalue weighted by Gasteiger charge is 2.49. The number of aliphatic hydroxyl groups is 1. The quantitative estimate of drug-likeness (QED) is 0.0566. The molecule has 1 fully saturated rings. The molecule has 1 aliphatic rings. The molecule has 1 saturated heterocycles. The van der Waals surface area contributed by atoms with Gasteiger partial charge in [-0.05, 0) is 54.3 Å². The molecule has 3 aromatic heterocycles. The predicted octanol–water partition coefficient (Wildman–Crippen LogP) is 7.30. The van der Waals surface area contributed by atoms with Gasteiger partial charge in [0.2, 0.25) is 5.13 Å². The number of pyridine rings is 1. The Kier molecular flexibility index (Phi) is 8.32. The first-order valence-electron chi connectivity index (χ1n) is 14.9. The number of amides is 1. The highest BCUT2D eigenvalue weighted by atomic mass is 32.2. The molecule has 0 spiro atoms. The van der Waals surface area contributed by atoms with Gasteiger partial charge in [0.1, 0.15) is 23.7 Å². The molecule has 0 radical (unpaired) electrons. The average Bonchev–Trinajstić information content (AvgIpc) is 3.78. The van der Waals surface area contributed by atoms with Crippen LogP contribution in [0.5, 0.6) is 5.75 Å². The zero-order chi connectivity index (χ0) is 32.5. The first-order chi connectivity index (χ1) is 22.9. The third-order valence-electron chi connectivity index (χ3n) is 7.98. The Hall–Kier alpha value is -5.26. The molecule has 11 heteroatoms. The van der Waals surface area contributed by atoms with Gasteiger partial charge in [0.05, 0.1) is 17.3 Å². The summed E-state index contributed by atoms with van der Waals surface area (Å²) in [5.41, 5.74) is 5.05. The second-order valence-electron chi connectivity index (χ2n) is 11.1. The number of Topliss-reactive ketones (excluding diaryl/α,β-unsaturated/α-hetero) is 1. The monoisotopic (exact) mass is 659 g/mol. The lowest BCUT2D eigenvalue weighted by Gasteiger charge is -2.23. The van der Waals surface area contributed by atoms with E-state index in [1.807, 2.05) is 103 Å². The number of nitrogens with zero attached hydrogens (tertiary/aromatic N) is 5. The Bertz CT molecular complexity index is 2140. The Morgan fingerprint density at radius 1 is 0.915 bits per heavy atom. The van der Waals surface area contributed by atoms with E-state index in [-0.39, 0.29) is 22.2 Å². The van der Waals surface area contributed by atoms with Gasteiger partial charge in [-0.3, -0.25) is 14.5 Å². The molecule has 1 atom stereocenters. The van der Waals surface area contributed by atoms with Crippen molar-refractivity contribution in [2.75, 3.05) is 4.90 Å². The number of fused-ring (bicyclic) bond motifs is 1. The topological polar surface area (TPSA) is 110 Å². The maximum Gasteiger partial charge on any atom is 0.301 e. The van der Waals surface area contributed by atoms with E-state index in [2.05, 4.69) is 10.2 Å². The Morgan fingerprint density at radius 3 is 2.40 bits per heavy atom. The van der Waals surface area contributed by atoms with Crippen LogP contribution in [0.3, 0.4) is 0 Å². The Labute approximate surface area is 279 Å². The van der Waals surface area contributed by atoms with Crippen molar-refractivity contribution in [3.05, 3.63) is 142 Å². The van der Waals surface area contributed by atoms with Gasteiger partial charge in [0, 0.05) is 11.9 Å². The number of thioether (sulfide) groups is 1. The fraction of sp³-hybridized carbons (Fsp3) is 0.139. The number of aromatic nitrogens is 4. The van der Waals surface area contributed by atoms with Crippen molar-refractivity contribution in [3.63, 3.8) is 0 Å². The highest BCUT2D eigenvalue weighted by molar-refractivity contribution is 8.00. The number of ether oxygens (including phenoxy) is 1. The molecule has 0 bridgehead atoms. The van der Waals surface area contributed by atoms with Crippen molar-refractivity contribution < 1.29 is 19.4 Å². The van der Waals surface area contributed by atoms with Crippen LogP contribution >= 0.6 is 23.1 Å². The summed E-state index contributed by atoms with van der Waals surface area (Å²) in [6.45, 7) is 4.08. The number of rotatable bonds is 9. The molecule has 4 heterocycles. The number of aryl methyl sites for hydroxylation is 2. The summed E-state index contributed by atoms with van der Waals surface area (Å²) in [7, 11) is 0. The fourth-order valence-corrected chi connectivity index (χ4v) is 7.44. The fourth-order valence-electron chi connectivity index (χ4n) is 5.61. The van der Waals surface area contributed by atoms with Crippen molar-refractivity contribution in [1.29, 1.82) is 0 Å². The van der Waals surface area contributed by atoms with E-state index in [0.717, 1.165) is 16.7 Å². The minimum Gasteiger partial charge on any atom is -0.505 e. The van der Waals surface area contributed by atoms with Crippen LogP contribution in [0, 0.1) is 13.8 Å². The van der Waals surface area contributed by atoms with Crippen LogP contribution in [0.4, 0.5) is 5.13 Å². The van der Waals surface area contributed by atoms with Crippen molar-refractivity contribution in [2.45, 2.75) is 36.6 Å². The lowest BCUT2D eigenvalue weighted by atomic mass is 9.96. The van der Waals surface area contributed by atoms with E-state index in [1.165, 1.54) is 28.0 Å².